The molecule has 202 valence electrons. The second kappa shape index (κ2) is 8.22. The van der Waals surface area contributed by atoms with Gasteiger partial charge in [0, 0.05) is 62.1 Å². The average Bonchev–Trinajstić information content (AvgIpc) is 3.17. The van der Waals surface area contributed by atoms with Gasteiger partial charge in [0.05, 0.1) is 19.9 Å². The average molecular weight is 525 g/mol. The number of rotatable bonds is 8. The molecule has 2 aliphatic carbocycles. The van der Waals surface area contributed by atoms with E-state index >= 15 is 0 Å². The predicted octanol–water partition coefficient (Wildman–Crippen LogP) is 3.06. The van der Waals surface area contributed by atoms with Crippen molar-refractivity contribution in [2.45, 2.75) is 38.3 Å². The van der Waals surface area contributed by atoms with Crippen molar-refractivity contribution < 1.29 is 13.5 Å². The van der Waals surface area contributed by atoms with Gasteiger partial charge in [-0.15, -0.1) is 0 Å². The molecule has 2 spiro atoms. The van der Waals surface area contributed by atoms with E-state index in [1.165, 1.54) is 18.7 Å². The summed E-state index contributed by atoms with van der Waals surface area (Å²) in [5.74, 6) is -0.723. The molecule has 4 aliphatic rings. The Hall–Kier alpha value is -3.05. The third-order valence-electron chi connectivity index (χ3n) is 9.04. The molecular formula is C27H34F2N8O. The summed E-state index contributed by atoms with van der Waals surface area (Å²) in [6.07, 6.45) is 2.81. The molecule has 2 aromatic heterocycles. The number of nitrogens with zero attached hydrogens (tertiary/aromatic N) is 6. The molecule has 38 heavy (non-hydrogen) atoms. The zero-order valence-electron chi connectivity index (χ0n) is 21.9. The van der Waals surface area contributed by atoms with E-state index in [4.69, 9.17) is 10.5 Å². The molecule has 3 aromatic rings. The predicted molar refractivity (Wildman–Crippen MR) is 140 cm³/mol. The molecular weight excluding hydrogens is 490 g/mol. The molecule has 3 N–H and O–H groups in total. The lowest BCUT2D eigenvalue weighted by Gasteiger charge is -2.59. The van der Waals surface area contributed by atoms with E-state index < -0.39 is 11.3 Å². The minimum Gasteiger partial charge on any atom is -0.496 e. The highest BCUT2D eigenvalue weighted by atomic mass is 19.3. The minimum absolute atomic E-state index is 0.0327. The third-order valence-corrected chi connectivity index (χ3v) is 9.04. The molecule has 4 fully saturated rings. The normalized spacial score (nSPS) is 27.2. The number of hydrogen-bond acceptors (Lipinski definition) is 8. The number of hydrogen-bond donors (Lipinski definition) is 2. The van der Waals surface area contributed by atoms with Crippen LogP contribution in [0.5, 0.6) is 5.75 Å². The van der Waals surface area contributed by atoms with Crippen molar-refractivity contribution in [2.24, 2.45) is 16.7 Å². The summed E-state index contributed by atoms with van der Waals surface area (Å²) in [6, 6.07) is 6.38. The van der Waals surface area contributed by atoms with Crippen LogP contribution in [0, 0.1) is 16.7 Å². The van der Waals surface area contributed by atoms with Gasteiger partial charge in [-0.05, 0) is 37.4 Å². The number of nitrogen functional groups attached to an aromatic ring is 1. The van der Waals surface area contributed by atoms with Crippen LogP contribution in [0.3, 0.4) is 0 Å². The molecule has 0 radical (unpaired) electrons. The van der Waals surface area contributed by atoms with E-state index in [0.29, 0.717) is 42.7 Å². The number of nitrogens with one attached hydrogen (secondary N) is 1. The Morgan fingerprint density at radius 3 is 2.58 bits per heavy atom. The van der Waals surface area contributed by atoms with Gasteiger partial charge in [-0.25, -0.2) is 13.8 Å². The molecule has 0 bridgehead atoms. The second-order valence-electron chi connectivity index (χ2n) is 12.2. The molecule has 0 amide bonds. The lowest BCUT2D eigenvalue weighted by molar-refractivity contribution is -0.107. The van der Waals surface area contributed by atoms with Crippen molar-refractivity contribution in [2.75, 3.05) is 57.9 Å². The van der Waals surface area contributed by atoms with Crippen molar-refractivity contribution >= 4 is 22.8 Å². The number of anilines is 2. The Labute approximate surface area is 220 Å². The van der Waals surface area contributed by atoms with Gasteiger partial charge >= 0.3 is 0 Å². The van der Waals surface area contributed by atoms with E-state index in [1.54, 1.807) is 13.3 Å². The number of likely N-dealkylation sites (tertiary alicyclic amines) is 2. The van der Waals surface area contributed by atoms with Crippen molar-refractivity contribution in [3.8, 4) is 5.75 Å². The molecule has 1 aromatic carbocycles. The van der Waals surface area contributed by atoms with E-state index in [0.717, 1.165) is 36.5 Å². The Morgan fingerprint density at radius 1 is 1.13 bits per heavy atom. The zero-order chi connectivity index (χ0) is 26.3. The molecule has 0 atom stereocenters. The Morgan fingerprint density at radius 2 is 1.89 bits per heavy atom. The molecule has 0 unspecified atom stereocenters. The number of benzene rings is 1. The number of aromatic nitrogens is 4. The minimum atomic E-state index is -2.48. The number of ether oxygens (including phenoxy) is 1. The quantitative estimate of drug-likeness (QED) is 0.464. The Kier molecular flexibility index (Phi) is 5.20. The highest BCUT2D eigenvalue weighted by Crippen LogP contribution is 2.72. The van der Waals surface area contributed by atoms with Crippen LogP contribution in [0.15, 0.2) is 24.4 Å². The van der Waals surface area contributed by atoms with Crippen LogP contribution in [0.1, 0.15) is 30.4 Å². The van der Waals surface area contributed by atoms with E-state index in [-0.39, 0.29) is 18.3 Å². The number of halogens is 2. The molecule has 11 heteroatoms. The van der Waals surface area contributed by atoms with Crippen molar-refractivity contribution in [3.63, 3.8) is 0 Å². The van der Waals surface area contributed by atoms with Gasteiger partial charge in [0.2, 0.25) is 5.95 Å². The number of fused-ring (bicyclic) bond motifs is 1. The van der Waals surface area contributed by atoms with E-state index in [2.05, 4.69) is 55.4 Å². The third kappa shape index (κ3) is 3.89. The zero-order valence-corrected chi connectivity index (χ0v) is 21.9. The summed E-state index contributed by atoms with van der Waals surface area (Å²) in [7, 11) is 3.87. The van der Waals surface area contributed by atoms with E-state index in [9.17, 15) is 8.78 Å². The molecule has 2 aliphatic heterocycles. The summed E-state index contributed by atoms with van der Waals surface area (Å²) >= 11 is 0. The molecule has 7 rings (SSSR count). The largest absolute Gasteiger partial charge is 0.496 e. The first-order valence-electron chi connectivity index (χ1n) is 13.3. The van der Waals surface area contributed by atoms with Crippen LogP contribution in [0.25, 0.3) is 11.0 Å². The maximum Gasteiger partial charge on any atom is 0.254 e. The number of nitrogens with two attached hydrogens (primary N) is 1. The monoisotopic (exact) mass is 524 g/mol. The summed E-state index contributed by atoms with van der Waals surface area (Å²) in [6.45, 7) is 6.68. The van der Waals surface area contributed by atoms with E-state index in [1.807, 2.05) is 4.68 Å². The first-order valence-corrected chi connectivity index (χ1v) is 13.3. The molecule has 2 saturated heterocycles. The smallest absolute Gasteiger partial charge is 0.254 e. The summed E-state index contributed by atoms with van der Waals surface area (Å²) in [4.78, 5) is 13.7. The van der Waals surface area contributed by atoms with Gasteiger partial charge < -0.3 is 20.7 Å². The topological polar surface area (TPSA) is 97.4 Å². The first kappa shape index (κ1) is 24.0. The van der Waals surface area contributed by atoms with Gasteiger partial charge in [0.25, 0.3) is 5.92 Å². The van der Waals surface area contributed by atoms with Gasteiger partial charge in [-0.3, -0.25) is 9.58 Å². The summed E-state index contributed by atoms with van der Waals surface area (Å²) < 4.78 is 34.8. The summed E-state index contributed by atoms with van der Waals surface area (Å²) in [5, 5.41) is 7.91. The van der Waals surface area contributed by atoms with Gasteiger partial charge in [0.15, 0.2) is 5.82 Å². The second-order valence-corrected chi connectivity index (χ2v) is 12.2. The maximum atomic E-state index is 13.6. The van der Waals surface area contributed by atoms with Gasteiger partial charge in [0.1, 0.15) is 16.8 Å². The molecule has 9 nitrogen and oxygen atoms in total. The van der Waals surface area contributed by atoms with Crippen LogP contribution >= 0.6 is 0 Å². The standard InChI is InChI=1S/C27H34F2N8O/c1-35-13-25(14-35)15-36(16-25)10-17-3-4-19(21(5-17)38-2)11-37-22-20(9-32-37)33-24(30)34-23(22)31-8-18-6-26(7-18)12-27(26,28)29/h3-5,9,18H,6-8,10-16H2,1-2H3,(H3,30,31,33,34). The lowest BCUT2D eigenvalue weighted by Crippen LogP contribution is -2.70. The van der Waals surface area contributed by atoms with Crippen LogP contribution < -0.4 is 15.8 Å². The fraction of sp³-hybridized carbons (Fsp3) is 0.593. The Balaban J connectivity index is 1.05. The van der Waals surface area contributed by atoms with Crippen LogP contribution in [-0.2, 0) is 13.1 Å². The van der Waals surface area contributed by atoms with Gasteiger partial charge in [-0.1, -0.05) is 12.1 Å². The highest BCUT2D eigenvalue weighted by Gasteiger charge is 2.75. The molecule has 2 saturated carbocycles. The number of alkyl halides is 2. The van der Waals surface area contributed by atoms with Crippen LogP contribution in [0.4, 0.5) is 20.5 Å². The van der Waals surface area contributed by atoms with Gasteiger partial charge in [-0.2, -0.15) is 10.1 Å². The lowest BCUT2D eigenvalue weighted by atomic mass is 9.71. The van der Waals surface area contributed by atoms with Crippen LogP contribution in [0.2, 0.25) is 0 Å². The highest BCUT2D eigenvalue weighted by molar-refractivity contribution is 5.86. The van der Waals surface area contributed by atoms with Crippen molar-refractivity contribution in [1.82, 2.24) is 29.5 Å². The molecule has 4 heterocycles. The maximum absolute atomic E-state index is 13.6. The SMILES string of the molecule is COc1cc(CN2CC3(CN(C)C3)C2)ccc1Cn1ncc2nc(N)nc(NCC3CC4(C3)CC4(F)F)c21. The van der Waals surface area contributed by atoms with Crippen molar-refractivity contribution in [1.29, 1.82) is 0 Å². The fourth-order valence-corrected chi connectivity index (χ4v) is 7.26. The first-order chi connectivity index (χ1) is 18.2. The van der Waals surface area contributed by atoms with Crippen LogP contribution in [-0.4, -0.2) is 82.4 Å². The fourth-order valence-electron chi connectivity index (χ4n) is 7.26. The van der Waals surface area contributed by atoms with Crippen molar-refractivity contribution in [3.05, 3.63) is 35.5 Å². The summed E-state index contributed by atoms with van der Waals surface area (Å²) in [5.41, 5.74) is 9.35. The number of methoxy groups -OCH3 is 1. The Bertz CT molecular complexity index is 1390.